The highest BCUT2D eigenvalue weighted by Gasteiger charge is 2.26. The molecule has 2 heterocycles. The summed E-state index contributed by atoms with van der Waals surface area (Å²) in [5.74, 6) is 0.481. The van der Waals surface area contributed by atoms with Crippen LogP contribution in [0.25, 0.3) is 0 Å². The van der Waals surface area contributed by atoms with Crippen LogP contribution >= 0.6 is 0 Å². The van der Waals surface area contributed by atoms with E-state index in [-0.39, 0.29) is 5.91 Å². The standard InChI is InChI=1S/C14H22N2O2/c1-3-15(4-2)12-7-9-16(10-8-12)14(17)13-6-5-11-18-13/h5-6,11-12H,3-4,7-10H2,1-2H3. The van der Waals surface area contributed by atoms with E-state index >= 15 is 0 Å². The molecule has 0 aliphatic carbocycles. The van der Waals surface area contributed by atoms with Gasteiger partial charge in [0.25, 0.3) is 5.91 Å². The van der Waals surface area contributed by atoms with Gasteiger partial charge in [0.2, 0.25) is 0 Å². The normalized spacial score (nSPS) is 17.4. The highest BCUT2D eigenvalue weighted by atomic mass is 16.3. The molecule has 1 saturated heterocycles. The summed E-state index contributed by atoms with van der Waals surface area (Å²) in [7, 11) is 0. The predicted molar refractivity (Wildman–Crippen MR) is 70.6 cm³/mol. The molecule has 1 aromatic rings. The fraction of sp³-hybridized carbons (Fsp3) is 0.643. The SMILES string of the molecule is CCN(CC)C1CCN(C(=O)c2ccco2)CC1. The van der Waals surface area contributed by atoms with E-state index in [1.54, 1.807) is 18.4 Å². The molecule has 1 aliphatic rings. The van der Waals surface area contributed by atoms with Gasteiger partial charge in [-0.2, -0.15) is 0 Å². The number of piperidine rings is 1. The maximum absolute atomic E-state index is 12.1. The molecule has 1 aliphatic heterocycles. The van der Waals surface area contributed by atoms with E-state index in [4.69, 9.17) is 4.42 Å². The monoisotopic (exact) mass is 250 g/mol. The minimum atomic E-state index is 0.0259. The fourth-order valence-corrected chi connectivity index (χ4v) is 2.73. The van der Waals surface area contributed by atoms with E-state index < -0.39 is 0 Å². The number of nitrogens with zero attached hydrogens (tertiary/aromatic N) is 2. The molecule has 1 amide bonds. The lowest BCUT2D eigenvalue weighted by Gasteiger charge is -2.37. The third kappa shape index (κ3) is 2.75. The minimum absolute atomic E-state index is 0.0259. The average molecular weight is 250 g/mol. The maximum atomic E-state index is 12.1. The quantitative estimate of drug-likeness (QED) is 0.822. The molecule has 4 nitrogen and oxygen atoms in total. The number of carbonyl (C=O) groups is 1. The number of rotatable bonds is 4. The lowest BCUT2D eigenvalue weighted by Crippen LogP contribution is -2.46. The van der Waals surface area contributed by atoms with Crippen molar-refractivity contribution in [1.82, 2.24) is 9.80 Å². The number of likely N-dealkylation sites (tertiary alicyclic amines) is 1. The van der Waals surface area contributed by atoms with Gasteiger partial charge in [0.1, 0.15) is 0 Å². The van der Waals surface area contributed by atoms with Crippen LogP contribution < -0.4 is 0 Å². The predicted octanol–water partition coefficient (Wildman–Crippen LogP) is 2.23. The van der Waals surface area contributed by atoms with E-state index in [0.29, 0.717) is 11.8 Å². The third-order valence-electron chi connectivity index (χ3n) is 3.81. The van der Waals surface area contributed by atoms with Crippen molar-refractivity contribution in [3.8, 4) is 0 Å². The molecule has 0 aromatic carbocycles. The van der Waals surface area contributed by atoms with Gasteiger partial charge in [-0.25, -0.2) is 0 Å². The van der Waals surface area contributed by atoms with Gasteiger partial charge in [-0.05, 0) is 38.1 Å². The summed E-state index contributed by atoms with van der Waals surface area (Å²) in [6, 6.07) is 4.12. The zero-order valence-corrected chi connectivity index (χ0v) is 11.3. The first-order valence-electron chi connectivity index (χ1n) is 6.83. The molecule has 4 heteroatoms. The number of carbonyl (C=O) groups excluding carboxylic acids is 1. The molecule has 2 rings (SSSR count). The van der Waals surface area contributed by atoms with Crippen LogP contribution in [0.2, 0.25) is 0 Å². The van der Waals surface area contributed by atoms with E-state index in [2.05, 4.69) is 18.7 Å². The van der Waals surface area contributed by atoms with Gasteiger partial charge >= 0.3 is 0 Å². The molecule has 1 fully saturated rings. The molecule has 0 N–H and O–H groups in total. The molecule has 0 bridgehead atoms. The molecule has 0 spiro atoms. The largest absolute Gasteiger partial charge is 0.459 e. The number of hydrogen-bond acceptors (Lipinski definition) is 3. The molecule has 0 atom stereocenters. The molecular formula is C14H22N2O2. The van der Waals surface area contributed by atoms with Gasteiger partial charge in [0, 0.05) is 19.1 Å². The average Bonchev–Trinajstić information content (AvgIpc) is 2.94. The minimum Gasteiger partial charge on any atom is -0.459 e. The molecule has 100 valence electrons. The summed E-state index contributed by atoms with van der Waals surface area (Å²) >= 11 is 0. The molecule has 18 heavy (non-hydrogen) atoms. The van der Waals surface area contributed by atoms with Crippen LogP contribution in [-0.2, 0) is 0 Å². The summed E-state index contributed by atoms with van der Waals surface area (Å²) in [4.78, 5) is 16.5. The Morgan fingerprint density at radius 3 is 2.56 bits per heavy atom. The van der Waals surface area contributed by atoms with Gasteiger partial charge in [-0.1, -0.05) is 13.8 Å². The van der Waals surface area contributed by atoms with Crippen molar-refractivity contribution in [2.75, 3.05) is 26.2 Å². The van der Waals surface area contributed by atoms with E-state index in [1.807, 2.05) is 4.90 Å². The van der Waals surface area contributed by atoms with E-state index in [1.165, 1.54) is 0 Å². The fourth-order valence-electron chi connectivity index (χ4n) is 2.73. The first-order valence-corrected chi connectivity index (χ1v) is 6.83. The van der Waals surface area contributed by atoms with Gasteiger partial charge < -0.3 is 14.2 Å². The van der Waals surface area contributed by atoms with Gasteiger partial charge in [-0.3, -0.25) is 4.79 Å². The van der Waals surface area contributed by atoms with Crippen molar-refractivity contribution in [3.63, 3.8) is 0 Å². The zero-order valence-electron chi connectivity index (χ0n) is 11.3. The molecular weight excluding hydrogens is 228 g/mol. The van der Waals surface area contributed by atoms with Crippen LogP contribution in [0, 0.1) is 0 Å². The van der Waals surface area contributed by atoms with Crippen molar-refractivity contribution in [2.45, 2.75) is 32.7 Å². The Bertz CT molecular complexity index is 363. The number of amides is 1. The first-order chi connectivity index (χ1) is 8.76. The van der Waals surface area contributed by atoms with E-state index in [0.717, 1.165) is 39.0 Å². The van der Waals surface area contributed by atoms with Crippen LogP contribution in [0.4, 0.5) is 0 Å². The molecule has 0 saturated carbocycles. The number of furan rings is 1. The zero-order chi connectivity index (χ0) is 13.0. The van der Waals surface area contributed by atoms with Gasteiger partial charge in [-0.15, -0.1) is 0 Å². The Morgan fingerprint density at radius 2 is 2.06 bits per heavy atom. The van der Waals surface area contributed by atoms with Crippen LogP contribution in [-0.4, -0.2) is 47.9 Å². The smallest absolute Gasteiger partial charge is 0.289 e. The second-order valence-corrected chi connectivity index (χ2v) is 4.72. The second-order valence-electron chi connectivity index (χ2n) is 4.72. The summed E-state index contributed by atoms with van der Waals surface area (Å²) in [6.07, 6.45) is 3.68. The van der Waals surface area contributed by atoms with Crippen molar-refractivity contribution < 1.29 is 9.21 Å². The molecule has 1 aromatic heterocycles. The lowest BCUT2D eigenvalue weighted by atomic mass is 10.0. The summed E-state index contributed by atoms with van der Waals surface area (Å²) in [6.45, 7) is 8.25. The van der Waals surface area contributed by atoms with Gasteiger partial charge in [0.05, 0.1) is 6.26 Å². The van der Waals surface area contributed by atoms with Crippen LogP contribution in [0.15, 0.2) is 22.8 Å². The summed E-state index contributed by atoms with van der Waals surface area (Å²) in [5.41, 5.74) is 0. The van der Waals surface area contributed by atoms with Crippen LogP contribution in [0.1, 0.15) is 37.2 Å². The summed E-state index contributed by atoms with van der Waals surface area (Å²) < 4.78 is 5.16. The lowest BCUT2D eigenvalue weighted by molar-refractivity contribution is 0.0601. The highest BCUT2D eigenvalue weighted by molar-refractivity contribution is 5.91. The Kier molecular flexibility index (Phi) is 4.42. The van der Waals surface area contributed by atoms with Crippen molar-refractivity contribution in [1.29, 1.82) is 0 Å². The molecule has 0 unspecified atom stereocenters. The Balaban J connectivity index is 1.89. The van der Waals surface area contributed by atoms with Crippen molar-refractivity contribution >= 4 is 5.91 Å². The Hall–Kier alpha value is -1.29. The third-order valence-corrected chi connectivity index (χ3v) is 3.81. The Morgan fingerprint density at radius 1 is 1.39 bits per heavy atom. The highest BCUT2D eigenvalue weighted by Crippen LogP contribution is 2.18. The second kappa shape index (κ2) is 6.05. The van der Waals surface area contributed by atoms with Crippen molar-refractivity contribution in [2.24, 2.45) is 0 Å². The number of hydrogen-bond donors (Lipinski definition) is 0. The molecule has 0 radical (unpaired) electrons. The van der Waals surface area contributed by atoms with Gasteiger partial charge in [0.15, 0.2) is 5.76 Å². The first kappa shape index (κ1) is 13.1. The van der Waals surface area contributed by atoms with Crippen LogP contribution in [0.3, 0.4) is 0 Å². The van der Waals surface area contributed by atoms with Crippen LogP contribution in [0.5, 0.6) is 0 Å². The summed E-state index contributed by atoms with van der Waals surface area (Å²) in [5, 5.41) is 0. The van der Waals surface area contributed by atoms with E-state index in [9.17, 15) is 4.79 Å². The maximum Gasteiger partial charge on any atom is 0.289 e. The topological polar surface area (TPSA) is 36.7 Å². The van der Waals surface area contributed by atoms with Crippen molar-refractivity contribution in [3.05, 3.63) is 24.2 Å². The Labute approximate surface area is 109 Å².